The molecule has 3 aliphatic rings. The Bertz CT molecular complexity index is 394. The molecule has 0 aromatic carbocycles. The van der Waals surface area contributed by atoms with Gasteiger partial charge in [-0.05, 0) is 54.8 Å². The van der Waals surface area contributed by atoms with Crippen molar-refractivity contribution in [3.8, 4) is 0 Å². The molecule has 2 saturated carbocycles. The second-order valence-corrected chi connectivity index (χ2v) is 7.54. The average molecular weight is 232 g/mol. The van der Waals surface area contributed by atoms with Crippen LogP contribution in [0.5, 0.6) is 0 Å². The third kappa shape index (κ3) is 1.09. The van der Waals surface area contributed by atoms with Crippen LogP contribution in [0.4, 0.5) is 0 Å². The number of hydrogen-bond acceptors (Lipinski definition) is 1. The van der Waals surface area contributed by atoms with Crippen molar-refractivity contribution in [2.24, 2.45) is 34.0 Å². The number of carbonyl (C=O) groups is 1. The first kappa shape index (κ1) is 11.5. The van der Waals surface area contributed by atoms with Crippen molar-refractivity contribution < 1.29 is 4.79 Å². The van der Waals surface area contributed by atoms with E-state index in [2.05, 4.69) is 39.8 Å². The maximum absolute atomic E-state index is 11.6. The minimum atomic E-state index is -0.205. The van der Waals surface area contributed by atoms with Gasteiger partial charge in [0.2, 0.25) is 0 Å². The van der Waals surface area contributed by atoms with Crippen molar-refractivity contribution in [1.29, 1.82) is 0 Å². The summed E-state index contributed by atoms with van der Waals surface area (Å²) in [6, 6.07) is 0. The molecule has 5 atom stereocenters. The number of fused-ring (bicyclic) bond motifs is 1. The van der Waals surface area contributed by atoms with E-state index in [1.807, 2.05) is 0 Å². The molecule has 3 aliphatic carbocycles. The zero-order valence-electron chi connectivity index (χ0n) is 11.5. The molecule has 0 aromatic rings. The molecule has 17 heavy (non-hydrogen) atoms. The summed E-state index contributed by atoms with van der Waals surface area (Å²) in [7, 11) is 0. The van der Waals surface area contributed by atoms with Gasteiger partial charge in [-0.2, -0.15) is 0 Å². The van der Waals surface area contributed by atoms with Gasteiger partial charge in [0.05, 0.1) is 0 Å². The Labute approximate surface area is 105 Å². The Morgan fingerprint density at radius 1 is 1.29 bits per heavy atom. The maximum atomic E-state index is 11.6. The Morgan fingerprint density at radius 3 is 2.65 bits per heavy atom. The predicted octanol–water partition coefficient (Wildman–Crippen LogP) is 3.84. The van der Waals surface area contributed by atoms with Crippen LogP contribution >= 0.6 is 0 Å². The normalized spacial score (nSPS) is 54.7. The third-order valence-corrected chi connectivity index (χ3v) is 6.62. The SMILES string of the molecule is C[C@@H]1CC[C@]23C[C@H]1C(C)(C)[C@@H]2C=C[C@]3(C)C=O. The van der Waals surface area contributed by atoms with Crippen molar-refractivity contribution in [1.82, 2.24) is 0 Å². The quantitative estimate of drug-likeness (QED) is 0.496. The number of carbonyl (C=O) groups excluding carboxylic acids is 1. The minimum Gasteiger partial charge on any atom is -0.302 e. The van der Waals surface area contributed by atoms with Crippen LogP contribution in [0.3, 0.4) is 0 Å². The van der Waals surface area contributed by atoms with Crippen LogP contribution in [0.2, 0.25) is 0 Å². The fourth-order valence-corrected chi connectivity index (χ4v) is 5.48. The van der Waals surface area contributed by atoms with E-state index in [1.165, 1.54) is 25.5 Å². The summed E-state index contributed by atoms with van der Waals surface area (Å²) < 4.78 is 0. The third-order valence-electron chi connectivity index (χ3n) is 6.62. The molecule has 1 spiro atoms. The minimum absolute atomic E-state index is 0.205. The summed E-state index contributed by atoms with van der Waals surface area (Å²) in [5.41, 5.74) is 0.409. The highest BCUT2D eigenvalue weighted by Gasteiger charge is 2.67. The van der Waals surface area contributed by atoms with Gasteiger partial charge in [0, 0.05) is 5.41 Å². The number of rotatable bonds is 1. The van der Waals surface area contributed by atoms with Crippen LogP contribution < -0.4 is 0 Å². The summed E-state index contributed by atoms with van der Waals surface area (Å²) in [5.74, 6) is 2.23. The first-order valence-electron chi connectivity index (χ1n) is 7.03. The summed E-state index contributed by atoms with van der Waals surface area (Å²) >= 11 is 0. The fourth-order valence-electron chi connectivity index (χ4n) is 5.48. The molecule has 3 rings (SSSR count). The van der Waals surface area contributed by atoms with E-state index in [1.54, 1.807) is 0 Å². The molecular weight excluding hydrogens is 208 g/mol. The first-order valence-corrected chi connectivity index (χ1v) is 7.03. The second-order valence-electron chi connectivity index (χ2n) is 7.54. The maximum Gasteiger partial charge on any atom is 0.130 e. The summed E-state index contributed by atoms with van der Waals surface area (Å²) in [6.45, 7) is 9.41. The Morgan fingerprint density at radius 2 is 2.00 bits per heavy atom. The van der Waals surface area contributed by atoms with Gasteiger partial charge in [-0.15, -0.1) is 0 Å². The van der Waals surface area contributed by atoms with E-state index < -0.39 is 0 Å². The van der Waals surface area contributed by atoms with Gasteiger partial charge in [-0.1, -0.05) is 32.9 Å². The molecular formula is C16H24O. The van der Waals surface area contributed by atoms with E-state index in [9.17, 15) is 4.79 Å². The fraction of sp³-hybridized carbons (Fsp3) is 0.812. The molecule has 0 unspecified atom stereocenters. The van der Waals surface area contributed by atoms with Gasteiger partial charge < -0.3 is 4.79 Å². The molecule has 94 valence electrons. The zero-order chi connectivity index (χ0) is 12.5. The molecule has 2 bridgehead atoms. The Balaban J connectivity index is 2.13. The second kappa shape index (κ2) is 3.05. The van der Waals surface area contributed by atoms with Crippen LogP contribution in [-0.4, -0.2) is 6.29 Å². The zero-order valence-corrected chi connectivity index (χ0v) is 11.5. The van der Waals surface area contributed by atoms with Crippen molar-refractivity contribution in [2.75, 3.05) is 0 Å². The van der Waals surface area contributed by atoms with Crippen molar-refractivity contribution in [3.63, 3.8) is 0 Å². The first-order chi connectivity index (χ1) is 7.87. The standard InChI is InChI=1S/C16H24O/c1-11-5-8-16-9-12(11)14(2,3)13(16)6-7-15(16,4)10-17/h6-7,10-13H,5,8-9H2,1-4H3/t11-,12-,13+,15-,16+/m1/s1. The van der Waals surface area contributed by atoms with Gasteiger partial charge >= 0.3 is 0 Å². The van der Waals surface area contributed by atoms with E-state index in [-0.39, 0.29) is 10.8 Å². The lowest BCUT2D eigenvalue weighted by Crippen LogP contribution is -2.41. The van der Waals surface area contributed by atoms with Gasteiger partial charge in [0.15, 0.2) is 0 Å². The Kier molecular flexibility index (Phi) is 2.06. The van der Waals surface area contributed by atoms with E-state index in [0.717, 1.165) is 11.8 Å². The van der Waals surface area contributed by atoms with Gasteiger partial charge in [0.1, 0.15) is 6.29 Å². The summed E-state index contributed by atoms with van der Waals surface area (Å²) in [5, 5.41) is 0. The average Bonchev–Trinajstić information content (AvgIpc) is 2.67. The predicted molar refractivity (Wildman–Crippen MR) is 69.5 cm³/mol. The largest absolute Gasteiger partial charge is 0.302 e. The molecule has 0 aromatic heterocycles. The van der Waals surface area contributed by atoms with Crippen molar-refractivity contribution in [2.45, 2.75) is 47.0 Å². The van der Waals surface area contributed by atoms with Crippen LogP contribution in [-0.2, 0) is 4.79 Å². The van der Waals surface area contributed by atoms with Crippen LogP contribution in [0.1, 0.15) is 47.0 Å². The van der Waals surface area contributed by atoms with E-state index in [4.69, 9.17) is 0 Å². The molecule has 0 N–H and O–H groups in total. The molecule has 2 fully saturated rings. The molecule has 0 amide bonds. The number of hydrogen-bond donors (Lipinski definition) is 0. The van der Waals surface area contributed by atoms with Crippen molar-refractivity contribution >= 4 is 6.29 Å². The van der Waals surface area contributed by atoms with Crippen LogP contribution in [0.15, 0.2) is 12.2 Å². The summed E-state index contributed by atoms with van der Waals surface area (Å²) in [6.07, 6.45) is 9.59. The molecule has 1 nitrogen and oxygen atoms in total. The number of allylic oxidation sites excluding steroid dienone is 2. The topological polar surface area (TPSA) is 17.1 Å². The van der Waals surface area contributed by atoms with Gasteiger partial charge in [0.25, 0.3) is 0 Å². The van der Waals surface area contributed by atoms with Gasteiger partial charge in [-0.3, -0.25) is 0 Å². The molecule has 1 heteroatoms. The molecule has 0 saturated heterocycles. The van der Waals surface area contributed by atoms with E-state index in [0.29, 0.717) is 11.3 Å². The Hall–Kier alpha value is -0.590. The lowest BCUT2D eigenvalue weighted by Gasteiger charge is -2.44. The van der Waals surface area contributed by atoms with Crippen LogP contribution in [0, 0.1) is 34.0 Å². The van der Waals surface area contributed by atoms with Gasteiger partial charge in [-0.25, -0.2) is 0 Å². The summed E-state index contributed by atoms with van der Waals surface area (Å²) in [4.78, 5) is 11.6. The van der Waals surface area contributed by atoms with E-state index >= 15 is 0 Å². The lowest BCUT2D eigenvalue weighted by atomic mass is 9.58. The van der Waals surface area contributed by atoms with Crippen LogP contribution in [0.25, 0.3) is 0 Å². The van der Waals surface area contributed by atoms with Crippen molar-refractivity contribution in [3.05, 3.63) is 12.2 Å². The lowest BCUT2D eigenvalue weighted by molar-refractivity contribution is -0.120. The highest BCUT2D eigenvalue weighted by Crippen LogP contribution is 2.73. The number of aldehydes is 1. The highest BCUT2D eigenvalue weighted by molar-refractivity contribution is 5.66. The monoisotopic (exact) mass is 232 g/mol. The molecule has 0 radical (unpaired) electrons. The molecule has 0 heterocycles. The molecule has 0 aliphatic heterocycles. The smallest absolute Gasteiger partial charge is 0.130 e. The highest BCUT2D eigenvalue weighted by atomic mass is 16.1.